The smallest absolute Gasteiger partial charge is 0.317 e. The molecule has 0 aliphatic carbocycles. The number of ether oxygens (including phenoxy) is 1. The van der Waals surface area contributed by atoms with E-state index in [0.717, 1.165) is 80.5 Å². The normalized spacial score (nSPS) is 11.2. The van der Waals surface area contributed by atoms with Crippen LogP contribution in [0.2, 0.25) is 0 Å². The molecular weight excluding hydrogens is 535 g/mol. The lowest BCUT2D eigenvalue weighted by Crippen LogP contribution is -2.26. The van der Waals surface area contributed by atoms with Gasteiger partial charge in [-0.05, 0) is 117 Å². The van der Waals surface area contributed by atoms with Crippen LogP contribution in [0.15, 0.2) is 60.7 Å². The molecule has 5 heteroatoms. The van der Waals surface area contributed by atoms with Gasteiger partial charge >= 0.3 is 5.97 Å². The molecule has 43 heavy (non-hydrogen) atoms. The van der Waals surface area contributed by atoms with Gasteiger partial charge in [-0.1, -0.05) is 58.0 Å². The van der Waals surface area contributed by atoms with Gasteiger partial charge in [0.1, 0.15) is 11.7 Å². The number of nitrogens with zero attached hydrogens (tertiary/aromatic N) is 2. The van der Waals surface area contributed by atoms with Gasteiger partial charge in [0.15, 0.2) is 0 Å². The molecule has 0 amide bonds. The van der Waals surface area contributed by atoms with Crippen molar-refractivity contribution in [3.05, 3.63) is 94.3 Å². The number of hydrogen-bond donors (Lipinski definition) is 0. The molecule has 3 aromatic rings. The Hall–Kier alpha value is -3.34. The Bertz CT molecular complexity index is 1210. The maximum Gasteiger partial charge on any atom is 0.317 e. The van der Waals surface area contributed by atoms with Gasteiger partial charge in [0.25, 0.3) is 0 Å². The molecule has 0 aromatic heterocycles. The third-order valence-electron chi connectivity index (χ3n) is 8.11. The number of benzene rings is 3. The molecule has 0 atom stereocenters. The topological polar surface area (TPSA) is 32.8 Å². The predicted octanol–water partition coefficient (Wildman–Crippen LogP) is 9.39. The average molecular weight is 589 g/mol. The van der Waals surface area contributed by atoms with Gasteiger partial charge < -0.3 is 14.5 Å². The Kier molecular flexibility index (Phi) is 14.1. The van der Waals surface area contributed by atoms with Crippen LogP contribution in [0.25, 0.3) is 0 Å². The number of rotatable bonds is 18. The minimum absolute atomic E-state index is 0.176. The number of esters is 1. The number of hydrogen-bond acceptors (Lipinski definition) is 4. The van der Waals surface area contributed by atoms with Gasteiger partial charge in [-0.25, -0.2) is 4.39 Å². The average Bonchev–Trinajstić information content (AvgIpc) is 2.99. The number of aryl methyl sites for hydroxylation is 3. The SMILES string of the molecule is CCCN(CCC)c1ccc(C(C(=O)OCCCCc2ccccc2F)c2ccc(N(CCC)CCC)cc2C)c(C)c1. The number of carbonyl (C=O) groups excluding carboxylic acids is 1. The van der Waals surface area contributed by atoms with E-state index in [4.69, 9.17) is 4.74 Å². The van der Waals surface area contributed by atoms with Crippen molar-refractivity contribution in [3.63, 3.8) is 0 Å². The second-order valence-corrected chi connectivity index (χ2v) is 11.7. The van der Waals surface area contributed by atoms with Crippen LogP contribution in [0.3, 0.4) is 0 Å². The van der Waals surface area contributed by atoms with Crippen molar-refractivity contribution in [2.75, 3.05) is 42.6 Å². The van der Waals surface area contributed by atoms with Crippen molar-refractivity contribution in [1.29, 1.82) is 0 Å². The van der Waals surface area contributed by atoms with Gasteiger partial charge in [-0.2, -0.15) is 0 Å². The maximum absolute atomic E-state index is 14.0. The first-order valence-electron chi connectivity index (χ1n) is 16.4. The lowest BCUT2D eigenvalue weighted by Gasteiger charge is -2.27. The fourth-order valence-electron chi connectivity index (χ4n) is 5.98. The Morgan fingerprint density at radius 3 is 1.65 bits per heavy atom. The van der Waals surface area contributed by atoms with Crippen molar-refractivity contribution in [2.24, 2.45) is 0 Å². The number of carbonyl (C=O) groups is 1. The van der Waals surface area contributed by atoms with E-state index in [9.17, 15) is 9.18 Å². The van der Waals surface area contributed by atoms with E-state index in [1.54, 1.807) is 6.07 Å². The molecule has 0 aliphatic rings. The van der Waals surface area contributed by atoms with Crippen LogP contribution in [-0.2, 0) is 16.0 Å². The van der Waals surface area contributed by atoms with Gasteiger partial charge in [-0.15, -0.1) is 0 Å². The van der Waals surface area contributed by atoms with E-state index in [1.807, 2.05) is 12.1 Å². The number of anilines is 2. The van der Waals surface area contributed by atoms with Gasteiger partial charge in [0.2, 0.25) is 0 Å². The van der Waals surface area contributed by atoms with Gasteiger partial charge in [-0.3, -0.25) is 4.79 Å². The second-order valence-electron chi connectivity index (χ2n) is 11.7. The summed E-state index contributed by atoms with van der Waals surface area (Å²) in [6.45, 7) is 17.4. The first-order valence-corrected chi connectivity index (χ1v) is 16.4. The summed E-state index contributed by atoms with van der Waals surface area (Å²) in [6, 6.07) is 19.9. The lowest BCUT2D eigenvalue weighted by molar-refractivity contribution is -0.144. The highest BCUT2D eigenvalue weighted by Gasteiger charge is 2.28. The standard InChI is InChI=1S/C38H53FN2O2/c1-7-22-40(23-8-2)32-18-20-34(29(5)27-32)37(35-21-19-33(28-30(35)6)41(24-9-3)25-10-4)38(42)43-26-14-13-16-31-15-11-12-17-36(31)39/h11-12,15,17-21,27-28,37H,7-10,13-14,16,22-26H2,1-6H3. The quantitative estimate of drug-likeness (QED) is 0.109. The zero-order chi connectivity index (χ0) is 31.2. The molecule has 3 aromatic carbocycles. The largest absolute Gasteiger partial charge is 0.465 e. The van der Waals surface area contributed by atoms with Crippen LogP contribution >= 0.6 is 0 Å². The summed E-state index contributed by atoms with van der Waals surface area (Å²) in [4.78, 5) is 18.7. The van der Waals surface area contributed by atoms with E-state index in [2.05, 4.69) is 87.7 Å². The molecule has 0 heterocycles. The first kappa shape index (κ1) is 34.2. The van der Waals surface area contributed by atoms with Gasteiger partial charge in [0.05, 0.1) is 6.61 Å². The Morgan fingerprint density at radius 2 is 1.21 bits per heavy atom. The second kappa shape index (κ2) is 17.7. The van der Waals surface area contributed by atoms with E-state index in [1.165, 1.54) is 17.4 Å². The van der Waals surface area contributed by atoms with E-state index in [0.29, 0.717) is 25.0 Å². The molecule has 0 saturated heterocycles. The van der Waals surface area contributed by atoms with Gasteiger partial charge in [0, 0.05) is 37.6 Å². The summed E-state index contributed by atoms with van der Waals surface area (Å²) in [5.41, 5.74) is 7.28. The fourth-order valence-corrected chi connectivity index (χ4v) is 5.98. The van der Waals surface area contributed by atoms with Crippen LogP contribution < -0.4 is 9.80 Å². The van der Waals surface area contributed by atoms with Crippen molar-refractivity contribution in [1.82, 2.24) is 0 Å². The molecule has 0 unspecified atom stereocenters. The number of unbranched alkanes of at least 4 members (excludes halogenated alkanes) is 1. The molecule has 0 aliphatic heterocycles. The zero-order valence-corrected chi connectivity index (χ0v) is 27.4. The van der Waals surface area contributed by atoms with Crippen molar-refractivity contribution in [3.8, 4) is 0 Å². The first-order chi connectivity index (χ1) is 20.8. The highest BCUT2D eigenvalue weighted by atomic mass is 19.1. The third kappa shape index (κ3) is 9.58. The summed E-state index contributed by atoms with van der Waals surface area (Å²) in [5, 5.41) is 0. The van der Waals surface area contributed by atoms with Crippen LogP contribution in [-0.4, -0.2) is 38.8 Å². The molecule has 234 valence electrons. The molecule has 0 saturated carbocycles. The fraction of sp³-hybridized carbons (Fsp3) is 0.500. The number of halogens is 1. The molecule has 4 nitrogen and oxygen atoms in total. The summed E-state index contributed by atoms with van der Waals surface area (Å²) in [7, 11) is 0. The highest BCUT2D eigenvalue weighted by Crippen LogP contribution is 2.35. The van der Waals surface area contributed by atoms with E-state index >= 15 is 0 Å². The van der Waals surface area contributed by atoms with Crippen molar-refractivity contribution >= 4 is 17.3 Å². The molecule has 0 fully saturated rings. The molecule has 3 rings (SSSR count). The molecular formula is C38H53FN2O2. The zero-order valence-electron chi connectivity index (χ0n) is 27.4. The van der Waals surface area contributed by atoms with Crippen LogP contribution in [0, 0.1) is 19.7 Å². The third-order valence-corrected chi connectivity index (χ3v) is 8.11. The van der Waals surface area contributed by atoms with Crippen LogP contribution in [0.4, 0.5) is 15.8 Å². The maximum atomic E-state index is 14.0. The molecule has 0 N–H and O–H groups in total. The van der Waals surface area contributed by atoms with E-state index < -0.39 is 5.92 Å². The summed E-state index contributed by atoms with van der Waals surface area (Å²) >= 11 is 0. The minimum Gasteiger partial charge on any atom is -0.465 e. The monoisotopic (exact) mass is 588 g/mol. The van der Waals surface area contributed by atoms with Crippen molar-refractivity contribution < 1.29 is 13.9 Å². The Morgan fingerprint density at radius 1 is 0.721 bits per heavy atom. The molecule has 0 bridgehead atoms. The van der Waals surface area contributed by atoms with Crippen molar-refractivity contribution in [2.45, 2.75) is 92.4 Å². The molecule has 0 spiro atoms. The minimum atomic E-state index is -0.508. The Balaban J connectivity index is 1.88. The highest BCUT2D eigenvalue weighted by molar-refractivity contribution is 5.84. The van der Waals surface area contributed by atoms with Crippen LogP contribution in [0.5, 0.6) is 0 Å². The predicted molar refractivity (Wildman–Crippen MR) is 180 cm³/mol. The molecule has 0 radical (unpaired) electrons. The Labute approximate surface area is 260 Å². The van der Waals surface area contributed by atoms with E-state index in [-0.39, 0.29) is 11.8 Å². The lowest BCUT2D eigenvalue weighted by atomic mass is 9.85. The summed E-state index contributed by atoms with van der Waals surface area (Å²) in [5.74, 6) is -0.910. The van der Waals surface area contributed by atoms with Crippen LogP contribution in [0.1, 0.15) is 100.0 Å². The summed E-state index contributed by atoms with van der Waals surface area (Å²) < 4.78 is 20.0. The summed E-state index contributed by atoms with van der Waals surface area (Å²) in [6.07, 6.45) is 6.43.